The van der Waals surface area contributed by atoms with Gasteiger partial charge >= 0.3 is 0 Å². The summed E-state index contributed by atoms with van der Waals surface area (Å²) in [6.07, 6.45) is 0.817. The van der Waals surface area contributed by atoms with Crippen LogP contribution in [0.5, 0.6) is 5.75 Å². The summed E-state index contributed by atoms with van der Waals surface area (Å²) in [4.78, 5) is 23.8. The van der Waals surface area contributed by atoms with Crippen molar-refractivity contribution >= 4 is 29.1 Å². The second-order valence-electron chi connectivity index (χ2n) is 5.53. The zero-order chi connectivity index (χ0) is 18.2. The molecule has 2 aromatic carbocycles. The molecule has 2 N–H and O–H groups in total. The van der Waals surface area contributed by atoms with Crippen LogP contribution in [0.25, 0.3) is 0 Å². The van der Waals surface area contributed by atoms with Crippen LogP contribution in [0, 0.1) is 6.92 Å². The van der Waals surface area contributed by atoms with Crippen LogP contribution >= 0.6 is 11.6 Å². The number of halogens is 1. The van der Waals surface area contributed by atoms with Gasteiger partial charge in [-0.2, -0.15) is 0 Å². The Morgan fingerprint density at radius 2 is 1.88 bits per heavy atom. The number of hydrogen-bond donors (Lipinski definition) is 2. The number of aryl methyl sites for hydroxylation is 2. The van der Waals surface area contributed by atoms with Gasteiger partial charge in [-0.3, -0.25) is 9.59 Å². The zero-order valence-corrected chi connectivity index (χ0v) is 15.0. The maximum absolute atomic E-state index is 12.0. The fraction of sp³-hybridized carbons (Fsp3) is 0.263. The van der Waals surface area contributed by atoms with Gasteiger partial charge in [-0.15, -0.1) is 0 Å². The minimum atomic E-state index is -0.367. The Morgan fingerprint density at radius 1 is 1.12 bits per heavy atom. The van der Waals surface area contributed by atoms with E-state index in [4.69, 9.17) is 16.3 Å². The standard InChI is InChI=1S/C19H21ClN2O3/c1-3-14-6-4-5-7-16(14)22-18(23)11-21-19(24)12-25-17-9-8-15(20)10-13(17)2/h4-10H,3,11-12H2,1-2H3,(H,21,24)(H,22,23). The van der Waals surface area contributed by atoms with Gasteiger partial charge in [0, 0.05) is 10.7 Å². The van der Waals surface area contributed by atoms with Crippen molar-refractivity contribution in [2.24, 2.45) is 0 Å². The molecule has 2 amide bonds. The Morgan fingerprint density at radius 3 is 2.60 bits per heavy atom. The highest BCUT2D eigenvalue weighted by Gasteiger charge is 2.09. The summed E-state index contributed by atoms with van der Waals surface area (Å²) < 4.78 is 5.44. The molecule has 0 unspecified atom stereocenters. The molecule has 0 saturated carbocycles. The van der Waals surface area contributed by atoms with Gasteiger partial charge in [0.05, 0.1) is 6.54 Å². The van der Waals surface area contributed by atoms with Gasteiger partial charge in [0.25, 0.3) is 5.91 Å². The van der Waals surface area contributed by atoms with Crippen molar-refractivity contribution < 1.29 is 14.3 Å². The summed E-state index contributed by atoms with van der Waals surface area (Å²) in [5, 5.41) is 5.95. The molecule has 0 aliphatic rings. The molecule has 0 aliphatic heterocycles. The Balaban J connectivity index is 1.78. The SMILES string of the molecule is CCc1ccccc1NC(=O)CNC(=O)COc1ccc(Cl)cc1C. The average molecular weight is 361 g/mol. The molecule has 2 rings (SSSR count). The molecule has 0 fully saturated rings. The molecule has 0 atom stereocenters. The predicted molar refractivity (Wildman–Crippen MR) is 99.1 cm³/mol. The molecule has 6 heteroatoms. The number of amides is 2. The van der Waals surface area contributed by atoms with Crippen LogP contribution in [0.1, 0.15) is 18.1 Å². The molecule has 2 aromatic rings. The lowest BCUT2D eigenvalue weighted by Gasteiger charge is -2.11. The molecule has 0 radical (unpaired) electrons. The molecule has 0 saturated heterocycles. The third-order valence-electron chi connectivity index (χ3n) is 3.61. The number of ether oxygens (including phenoxy) is 1. The fourth-order valence-electron chi connectivity index (χ4n) is 2.29. The van der Waals surface area contributed by atoms with Crippen molar-refractivity contribution in [3.8, 4) is 5.75 Å². The van der Waals surface area contributed by atoms with Crippen molar-refractivity contribution in [1.82, 2.24) is 5.32 Å². The van der Waals surface area contributed by atoms with E-state index in [9.17, 15) is 9.59 Å². The molecular formula is C19H21ClN2O3. The van der Waals surface area contributed by atoms with E-state index in [1.807, 2.05) is 38.1 Å². The Labute approximate surface area is 152 Å². The van der Waals surface area contributed by atoms with E-state index in [1.165, 1.54) is 0 Å². The van der Waals surface area contributed by atoms with Crippen molar-refractivity contribution in [1.29, 1.82) is 0 Å². The van der Waals surface area contributed by atoms with Crippen molar-refractivity contribution in [2.45, 2.75) is 20.3 Å². The highest BCUT2D eigenvalue weighted by molar-refractivity contribution is 6.30. The van der Waals surface area contributed by atoms with Gasteiger partial charge in [0.2, 0.25) is 5.91 Å². The summed E-state index contributed by atoms with van der Waals surface area (Å²) in [6, 6.07) is 12.7. The first-order chi connectivity index (χ1) is 12.0. The minimum absolute atomic E-state index is 0.111. The molecule has 0 bridgehead atoms. The first-order valence-electron chi connectivity index (χ1n) is 8.03. The van der Waals surface area contributed by atoms with E-state index >= 15 is 0 Å². The third-order valence-corrected chi connectivity index (χ3v) is 3.85. The number of nitrogens with one attached hydrogen (secondary N) is 2. The largest absolute Gasteiger partial charge is 0.484 e. The van der Waals surface area contributed by atoms with E-state index < -0.39 is 0 Å². The van der Waals surface area contributed by atoms with E-state index in [0.717, 1.165) is 23.2 Å². The first-order valence-corrected chi connectivity index (χ1v) is 8.40. The van der Waals surface area contributed by atoms with Crippen LogP contribution in [0.4, 0.5) is 5.69 Å². The Kier molecular flexibility index (Phi) is 6.83. The minimum Gasteiger partial charge on any atom is -0.484 e. The normalized spacial score (nSPS) is 10.2. The molecule has 132 valence electrons. The molecule has 25 heavy (non-hydrogen) atoms. The van der Waals surface area contributed by atoms with Crippen LogP contribution in [0.15, 0.2) is 42.5 Å². The summed E-state index contributed by atoms with van der Waals surface area (Å²) in [6.45, 7) is 3.59. The predicted octanol–water partition coefficient (Wildman–Crippen LogP) is 3.34. The lowest BCUT2D eigenvalue weighted by Crippen LogP contribution is -2.36. The van der Waals surface area contributed by atoms with E-state index in [2.05, 4.69) is 10.6 Å². The van der Waals surface area contributed by atoms with Crippen molar-refractivity contribution in [3.05, 3.63) is 58.6 Å². The van der Waals surface area contributed by atoms with E-state index in [0.29, 0.717) is 10.8 Å². The van der Waals surface area contributed by atoms with Crippen LogP contribution in [-0.4, -0.2) is 25.0 Å². The molecule has 0 aliphatic carbocycles. The Bertz CT molecular complexity index is 762. The lowest BCUT2D eigenvalue weighted by atomic mass is 10.1. The maximum Gasteiger partial charge on any atom is 0.258 e. The van der Waals surface area contributed by atoms with Gasteiger partial charge in [-0.05, 0) is 48.7 Å². The van der Waals surface area contributed by atoms with Gasteiger partial charge in [-0.25, -0.2) is 0 Å². The molecule has 0 heterocycles. The Hall–Kier alpha value is -2.53. The van der Waals surface area contributed by atoms with E-state index in [-0.39, 0.29) is 25.0 Å². The van der Waals surface area contributed by atoms with E-state index in [1.54, 1.807) is 18.2 Å². The smallest absolute Gasteiger partial charge is 0.258 e. The molecular weight excluding hydrogens is 340 g/mol. The summed E-state index contributed by atoms with van der Waals surface area (Å²) in [5.74, 6) is -0.0638. The number of para-hydroxylation sites is 1. The highest BCUT2D eigenvalue weighted by atomic mass is 35.5. The second kappa shape index (κ2) is 9.08. The molecule has 5 nitrogen and oxygen atoms in total. The van der Waals surface area contributed by atoms with Gasteiger partial charge in [0.1, 0.15) is 5.75 Å². The monoisotopic (exact) mass is 360 g/mol. The second-order valence-corrected chi connectivity index (χ2v) is 5.97. The fourth-order valence-corrected chi connectivity index (χ4v) is 2.52. The number of carbonyl (C=O) groups is 2. The van der Waals surface area contributed by atoms with Gasteiger partial charge in [-0.1, -0.05) is 36.7 Å². The van der Waals surface area contributed by atoms with Crippen LogP contribution in [0.2, 0.25) is 5.02 Å². The number of carbonyl (C=O) groups excluding carboxylic acids is 2. The van der Waals surface area contributed by atoms with Crippen molar-refractivity contribution in [3.63, 3.8) is 0 Å². The topological polar surface area (TPSA) is 67.4 Å². The highest BCUT2D eigenvalue weighted by Crippen LogP contribution is 2.21. The number of hydrogen-bond acceptors (Lipinski definition) is 3. The summed E-state index contributed by atoms with van der Waals surface area (Å²) in [5.41, 5.74) is 2.65. The van der Waals surface area contributed by atoms with Crippen LogP contribution < -0.4 is 15.4 Å². The number of rotatable bonds is 7. The number of benzene rings is 2. The lowest BCUT2D eigenvalue weighted by molar-refractivity contribution is -0.125. The van der Waals surface area contributed by atoms with Crippen molar-refractivity contribution in [2.75, 3.05) is 18.5 Å². The summed E-state index contributed by atoms with van der Waals surface area (Å²) in [7, 11) is 0. The third kappa shape index (κ3) is 5.80. The van der Waals surface area contributed by atoms with Gasteiger partial charge in [0.15, 0.2) is 6.61 Å². The first kappa shape index (κ1) is 18.8. The average Bonchev–Trinajstić information content (AvgIpc) is 2.59. The maximum atomic E-state index is 12.0. The molecule has 0 aromatic heterocycles. The molecule has 0 spiro atoms. The quantitative estimate of drug-likeness (QED) is 0.795. The van der Waals surface area contributed by atoms with Crippen LogP contribution in [0.3, 0.4) is 0 Å². The number of anilines is 1. The zero-order valence-electron chi connectivity index (χ0n) is 14.3. The summed E-state index contributed by atoms with van der Waals surface area (Å²) >= 11 is 5.87. The van der Waals surface area contributed by atoms with Crippen LogP contribution in [-0.2, 0) is 16.0 Å². The van der Waals surface area contributed by atoms with Gasteiger partial charge < -0.3 is 15.4 Å².